The number of rotatable bonds is 4. The lowest BCUT2D eigenvalue weighted by atomic mass is 9.91. The molecule has 0 saturated carbocycles. The number of carbonyl (C=O) groups excluding carboxylic acids is 2. The third kappa shape index (κ3) is 3.75. The van der Waals surface area contributed by atoms with Crippen LogP contribution in [0.25, 0.3) is 0 Å². The summed E-state index contributed by atoms with van der Waals surface area (Å²) in [5.41, 5.74) is -0.565. The van der Waals surface area contributed by atoms with E-state index in [1.165, 1.54) is 9.91 Å². The minimum atomic E-state index is -1.78. The second-order valence-corrected chi connectivity index (χ2v) is 6.61. The maximum atomic E-state index is 12.7. The molecule has 1 saturated heterocycles. The van der Waals surface area contributed by atoms with E-state index in [2.05, 4.69) is 5.10 Å². The molecule has 0 atom stereocenters. The Hall–Kier alpha value is -2.74. The molecule has 2 amide bonds. The molecular formula is C18H21N3O5. The zero-order valence-electron chi connectivity index (χ0n) is 14.3. The van der Waals surface area contributed by atoms with Gasteiger partial charge in [-0.15, -0.1) is 0 Å². The number of benzene rings is 1. The fourth-order valence-electron chi connectivity index (χ4n) is 3.11. The van der Waals surface area contributed by atoms with Gasteiger partial charge in [0, 0.05) is 38.8 Å². The molecule has 1 aromatic rings. The fraction of sp³-hybridized carbons (Fsp3) is 0.444. The van der Waals surface area contributed by atoms with Gasteiger partial charge in [0.2, 0.25) is 5.91 Å². The lowest BCUT2D eigenvalue weighted by Gasteiger charge is -2.36. The number of hydrogen-bond donors (Lipinski definition) is 2. The number of hydrazone groups is 1. The molecule has 0 spiro atoms. The van der Waals surface area contributed by atoms with Crippen molar-refractivity contribution in [2.24, 2.45) is 5.10 Å². The molecule has 0 unspecified atom stereocenters. The molecule has 1 aromatic carbocycles. The molecule has 0 aromatic heterocycles. The fourth-order valence-corrected chi connectivity index (χ4v) is 3.11. The van der Waals surface area contributed by atoms with E-state index in [4.69, 9.17) is 5.11 Å². The Morgan fingerprint density at radius 2 is 1.77 bits per heavy atom. The molecular weight excluding hydrogens is 338 g/mol. The van der Waals surface area contributed by atoms with Crippen LogP contribution in [0.5, 0.6) is 0 Å². The number of likely N-dealkylation sites (tertiary alicyclic amines) is 1. The largest absolute Gasteiger partial charge is 0.479 e. The van der Waals surface area contributed by atoms with Crippen molar-refractivity contribution >= 4 is 23.5 Å². The number of carboxylic acids is 1. The van der Waals surface area contributed by atoms with E-state index in [0.717, 1.165) is 5.56 Å². The summed E-state index contributed by atoms with van der Waals surface area (Å²) >= 11 is 0. The molecule has 8 heteroatoms. The number of amides is 2. The third-order valence-corrected chi connectivity index (χ3v) is 4.80. The van der Waals surface area contributed by atoms with Crippen LogP contribution < -0.4 is 0 Å². The Labute approximate surface area is 150 Å². The highest BCUT2D eigenvalue weighted by Gasteiger charge is 2.41. The zero-order chi connectivity index (χ0) is 18.7. The Morgan fingerprint density at radius 1 is 1.12 bits per heavy atom. The quantitative estimate of drug-likeness (QED) is 0.818. The number of aliphatic hydroxyl groups is 1. The lowest BCUT2D eigenvalue weighted by Crippen LogP contribution is -2.52. The van der Waals surface area contributed by atoms with E-state index >= 15 is 0 Å². The van der Waals surface area contributed by atoms with Crippen molar-refractivity contribution in [3.05, 3.63) is 35.9 Å². The Balaban J connectivity index is 1.68. The van der Waals surface area contributed by atoms with E-state index in [9.17, 15) is 19.5 Å². The number of piperidine rings is 1. The Morgan fingerprint density at radius 3 is 2.38 bits per heavy atom. The van der Waals surface area contributed by atoms with Crippen LogP contribution in [0.2, 0.25) is 0 Å². The minimum Gasteiger partial charge on any atom is -0.479 e. The average Bonchev–Trinajstić information content (AvgIpc) is 2.64. The van der Waals surface area contributed by atoms with Gasteiger partial charge in [-0.05, 0) is 5.56 Å². The van der Waals surface area contributed by atoms with Crippen LogP contribution >= 0.6 is 0 Å². The minimum absolute atomic E-state index is 0.0198. The molecule has 0 bridgehead atoms. The Bertz CT molecular complexity index is 738. The van der Waals surface area contributed by atoms with Gasteiger partial charge in [-0.1, -0.05) is 30.3 Å². The number of hydrogen-bond acceptors (Lipinski definition) is 5. The lowest BCUT2D eigenvalue weighted by molar-refractivity contribution is -0.164. The monoisotopic (exact) mass is 359 g/mol. The van der Waals surface area contributed by atoms with Gasteiger partial charge in [-0.25, -0.2) is 9.80 Å². The molecule has 138 valence electrons. The second kappa shape index (κ2) is 7.25. The summed E-state index contributed by atoms with van der Waals surface area (Å²) in [6.07, 6.45) is 0.439. The molecule has 2 heterocycles. The number of nitrogens with zero attached hydrogens (tertiary/aromatic N) is 3. The van der Waals surface area contributed by atoms with E-state index in [-0.39, 0.29) is 50.6 Å². The van der Waals surface area contributed by atoms with Gasteiger partial charge >= 0.3 is 5.97 Å². The normalized spacial score (nSPS) is 19.9. The van der Waals surface area contributed by atoms with Crippen LogP contribution in [0, 0.1) is 0 Å². The van der Waals surface area contributed by atoms with Crippen LogP contribution in [0.1, 0.15) is 31.2 Å². The van der Waals surface area contributed by atoms with Crippen LogP contribution in [0.15, 0.2) is 35.4 Å². The van der Waals surface area contributed by atoms with E-state index < -0.39 is 11.6 Å². The summed E-state index contributed by atoms with van der Waals surface area (Å²) in [7, 11) is 0. The highest BCUT2D eigenvalue weighted by atomic mass is 16.4. The maximum Gasteiger partial charge on any atom is 0.335 e. The van der Waals surface area contributed by atoms with Gasteiger partial charge in [0.25, 0.3) is 5.91 Å². The van der Waals surface area contributed by atoms with Gasteiger partial charge in [0.15, 0.2) is 5.60 Å². The SMILES string of the molecule is O=C(C1=NN(Cc2ccccc2)C(=O)CC1)N1CCC(O)(C(=O)O)CC1. The Kier molecular flexibility index (Phi) is 5.03. The van der Waals surface area contributed by atoms with E-state index in [1.807, 2.05) is 30.3 Å². The van der Waals surface area contributed by atoms with Crippen LogP contribution in [0.4, 0.5) is 0 Å². The van der Waals surface area contributed by atoms with Crippen molar-refractivity contribution in [1.82, 2.24) is 9.91 Å². The first-order valence-electron chi connectivity index (χ1n) is 8.56. The molecule has 2 aliphatic rings. The van der Waals surface area contributed by atoms with Crippen LogP contribution in [0.3, 0.4) is 0 Å². The maximum absolute atomic E-state index is 12.7. The summed E-state index contributed by atoms with van der Waals surface area (Å²) in [4.78, 5) is 37.3. The topological polar surface area (TPSA) is 111 Å². The summed E-state index contributed by atoms with van der Waals surface area (Å²) < 4.78 is 0. The van der Waals surface area contributed by atoms with E-state index in [1.54, 1.807) is 0 Å². The first-order valence-corrected chi connectivity index (χ1v) is 8.56. The number of carboxylic acid groups (broad SMARTS) is 1. The van der Waals surface area contributed by atoms with Crippen molar-refractivity contribution < 1.29 is 24.6 Å². The number of carbonyl (C=O) groups is 3. The smallest absolute Gasteiger partial charge is 0.335 e. The second-order valence-electron chi connectivity index (χ2n) is 6.61. The zero-order valence-corrected chi connectivity index (χ0v) is 14.3. The molecule has 1 fully saturated rings. The third-order valence-electron chi connectivity index (χ3n) is 4.80. The van der Waals surface area contributed by atoms with Crippen molar-refractivity contribution in [1.29, 1.82) is 0 Å². The van der Waals surface area contributed by atoms with Crippen molar-refractivity contribution in [3.63, 3.8) is 0 Å². The highest BCUT2D eigenvalue weighted by molar-refractivity contribution is 6.39. The molecule has 3 rings (SSSR count). The van der Waals surface area contributed by atoms with Crippen LogP contribution in [-0.2, 0) is 20.9 Å². The highest BCUT2D eigenvalue weighted by Crippen LogP contribution is 2.23. The standard InChI is InChI=1S/C18H21N3O5/c22-15-7-6-14(19-21(15)12-13-4-2-1-3-5-13)16(23)20-10-8-18(26,9-11-20)17(24)25/h1-5,26H,6-12H2,(H,24,25). The average molecular weight is 359 g/mol. The summed E-state index contributed by atoms with van der Waals surface area (Å²) in [5, 5.41) is 24.6. The van der Waals surface area contributed by atoms with Crippen molar-refractivity contribution in [2.45, 2.75) is 37.8 Å². The number of aliphatic carboxylic acids is 1. The molecule has 26 heavy (non-hydrogen) atoms. The van der Waals surface area contributed by atoms with Gasteiger partial charge in [0.05, 0.1) is 6.54 Å². The van der Waals surface area contributed by atoms with Crippen molar-refractivity contribution in [2.75, 3.05) is 13.1 Å². The summed E-state index contributed by atoms with van der Waals surface area (Å²) in [6, 6.07) is 9.40. The predicted octanol–water partition coefficient (Wildman–Crippen LogP) is 0.603. The van der Waals surface area contributed by atoms with Gasteiger partial charge in [0.1, 0.15) is 5.71 Å². The molecule has 8 nitrogen and oxygen atoms in total. The molecule has 2 aliphatic heterocycles. The van der Waals surface area contributed by atoms with E-state index in [0.29, 0.717) is 12.3 Å². The van der Waals surface area contributed by atoms with Gasteiger partial charge in [-0.3, -0.25) is 9.59 Å². The molecule has 0 radical (unpaired) electrons. The van der Waals surface area contributed by atoms with Gasteiger partial charge in [-0.2, -0.15) is 5.10 Å². The first kappa shape index (κ1) is 18.1. The van der Waals surface area contributed by atoms with Gasteiger partial charge < -0.3 is 15.1 Å². The summed E-state index contributed by atoms with van der Waals surface area (Å²) in [5.74, 6) is -1.70. The molecule has 0 aliphatic carbocycles. The molecule has 2 N–H and O–H groups in total. The van der Waals surface area contributed by atoms with Crippen molar-refractivity contribution in [3.8, 4) is 0 Å². The first-order chi connectivity index (χ1) is 12.4. The predicted molar refractivity (Wildman–Crippen MR) is 92.1 cm³/mol. The van der Waals surface area contributed by atoms with Crippen LogP contribution in [-0.4, -0.2) is 62.3 Å². The summed E-state index contributed by atoms with van der Waals surface area (Å²) in [6.45, 7) is 0.593.